The highest BCUT2D eigenvalue weighted by Crippen LogP contribution is 2.45. The molecule has 0 saturated heterocycles. The predicted octanol–water partition coefficient (Wildman–Crippen LogP) is 2.97. The van der Waals surface area contributed by atoms with E-state index >= 15 is 0 Å². The lowest BCUT2D eigenvalue weighted by molar-refractivity contribution is -0.173. The molecule has 0 aliphatic carbocycles. The smallest absolute Gasteiger partial charge is 0.410 e. The number of fused-ring (bicyclic) bond motifs is 2. The lowest BCUT2D eigenvalue weighted by Crippen LogP contribution is -2.36. The number of alkyl halides is 3. The number of anilines is 1. The quantitative estimate of drug-likeness (QED) is 0.861. The molecule has 0 bridgehead atoms. The summed E-state index contributed by atoms with van der Waals surface area (Å²) in [5.41, 5.74) is 0.238. The zero-order valence-electron chi connectivity index (χ0n) is 12.6. The molecule has 4 rings (SSSR count). The molecule has 2 aliphatic rings. The second-order valence-corrected chi connectivity index (χ2v) is 5.76. The summed E-state index contributed by atoms with van der Waals surface area (Å²) in [6.07, 6.45) is -3.96. The minimum Gasteiger partial charge on any atom is -0.477 e. The zero-order valence-corrected chi connectivity index (χ0v) is 12.6. The van der Waals surface area contributed by atoms with Crippen LogP contribution >= 0.6 is 0 Å². The van der Waals surface area contributed by atoms with Crippen LogP contribution in [0.3, 0.4) is 0 Å². The predicted molar refractivity (Wildman–Crippen MR) is 77.8 cm³/mol. The first-order chi connectivity index (χ1) is 11.8. The van der Waals surface area contributed by atoms with Crippen LogP contribution in [0.5, 0.6) is 11.5 Å². The Morgan fingerprint density at radius 2 is 2.08 bits per heavy atom. The van der Waals surface area contributed by atoms with Gasteiger partial charge in [-0.1, -0.05) is 6.07 Å². The zero-order chi connectivity index (χ0) is 17.8. The number of carboxylic acid groups (broad SMARTS) is 1. The summed E-state index contributed by atoms with van der Waals surface area (Å²) >= 11 is 0. The average molecular weight is 355 g/mol. The van der Waals surface area contributed by atoms with Gasteiger partial charge in [0.15, 0.2) is 17.5 Å². The third-order valence-electron chi connectivity index (χ3n) is 4.27. The van der Waals surface area contributed by atoms with Gasteiger partial charge in [0, 0.05) is 6.42 Å². The van der Waals surface area contributed by atoms with E-state index in [0.717, 1.165) is 6.20 Å². The van der Waals surface area contributed by atoms with Gasteiger partial charge >= 0.3 is 12.1 Å². The van der Waals surface area contributed by atoms with Crippen LogP contribution < -0.4 is 14.8 Å². The summed E-state index contributed by atoms with van der Waals surface area (Å²) in [6, 6.07) is 2.17. The molecular formula is C15H12F3N3O4. The second-order valence-electron chi connectivity index (χ2n) is 5.76. The van der Waals surface area contributed by atoms with Crippen molar-refractivity contribution in [2.75, 3.05) is 12.1 Å². The topological polar surface area (TPSA) is 85.6 Å². The Bertz CT molecular complexity index is 849. The molecule has 0 saturated carbocycles. The van der Waals surface area contributed by atoms with Gasteiger partial charge in [-0.3, -0.25) is 0 Å². The summed E-state index contributed by atoms with van der Waals surface area (Å²) in [7, 11) is 0. The number of nitrogens with one attached hydrogen (secondary N) is 1. The number of benzene rings is 1. The molecule has 132 valence electrons. The van der Waals surface area contributed by atoms with Crippen LogP contribution in [-0.4, -0.2) is 33.8 Å². The van der Waals surface area contributed by atoms with Crippen molar-refractivity contribution in [1.82, 2.24) is 9.78 Å². The first kappa shape index (κ1) is 15.6. The lowest BCUT2D eigenvalue weighted by Gasteiger charge is -2.33. The summed E-state index contributed by atoms with van der Waals surface area (Å²) in [5, 5.41) is 15.7. The third-order valence-corrected chi connectivity index (χ3v) is 4.27. The first-order valence-corrected chi connectivity index (χ1v) is 7.38. The van der Waals surface area contributed by atoms with E-state index in [1.54, 1.807) is 18.2 Å². The molecule has 0 amide bonds. The van der Waals surface area contributed by atoms with Crippen molar-refractivity contribution in [3.63, 3.8) is 0 Å². The fourth-order valence-corrected chi connectivity index (χ4v) is 3.07. The van der Waals surface area contributed by atoms with Gasteiger partial charge in [0.25, 0.3) is 0 Å². The summed E-state index contributed by atoms with van der Waals surface area (Å²) in [5.74, 6) is -0.548. The van der Waals surface area contributed by atoms with Crippen molar-refractivity contribution in [2.24, 2.45) is 0 Å². The maximum Gasteiger partial charge on any atom is 0.410 e. The van der Waals surface area contributed by atoms with E-state index in [4.69, 9.17) is 9.47 Å². The van der Waals surface area contributed by atoms with Gasteiger partial charge in [-0.25, -0.2) is 9.48 Å². The summed E-state index contributed by atoms with van der Waals surface area (Å²) in [4.78, 5) is 11.3. The number of carbonyl (C=O) groups is 1. The first-order valence-electron chi connectivity index (χ1n) is 7.38. The monoisotopic (exact) mass is 355 g/mol. The number of hydrogen-bond donors (Lipinski definition) is 2. The van der Waals surface area contributed by atoms with Crippen LogP contribution in [0, 0.1) is 0 Å². The lowest BCUT2D eigenvalue weighted by atomic mass is 9.96. The Morgan fingerprint density at radius 3 is 2.80 bits per heavy atom. The van der Waals surface area contributed by atoms with E-state index < -0.39 is 24.2 Å². The van der Waals surface area contributed by atoms with Crippen molar-refractivity contribution in [3.05, 3.63) is 35.5 Å². The highest BCUT2D eigenvalue weighted by molar-refractivity contribution is 5.93. The number of hydrogen-bond acceptors (Lipinski definition) is 5. The highest BCUT2D eigenvalue weighted by Gasteiger charge is 2.47. The molecule has 3 heterocycles. The van der Waals surface area contributed by atoms with E-state index in [1.807, 2.05) is 0 Å². The van der Waals surface area contributed by atoms with E-state index in [2.05, 4.69) is 10.4 Å². The Balaban J connectivity index is 1.76. The Morgan fingerprint density at radius 1 is 1.32 bits per heavy atom. The molecule has 1 aromatic carbocycles. The number of nitrogens with zero attached hydrogens (tertiary/aromatic N) is 2. The van der Waals surface area contributed by atoms with Gasteiger partial charge in [-0.2, -0.15) is 18.3 Å². The fraction of sp³-hybridized carbons (Fsp3) is 0.333. The van der Waals surface area contributed by atoms with Crippen LogP contribution in [0.1, 0.15) is 34.4 Å². The molecule has 2 N–H and O–H groups in total. The fourth-order valence-electron chi connectivity index (χ4n) is 3.07. The van der Waals surface area contributed by atoms with E-state index in [1.165, 1.54) is 0 Å². The van der Waals surface area contributed by atoms with Crippen molar-refractivity contribution in [3.8, 4) is 11.5 Å². The largest absolute Gasteiger partial charge is 0.477 e. The Hall–Kier alpha value is -2.91. The van der Waals surface area contributed by atoms with Crippen LogP contribution in [0.2, 0.25) is 0 Å². The SMILES string of the molecule is O=C(O)c1cnn2c1N[C@H](c1ccc3c(c1)OCO3)C[C@@H]2C(F)(F)F. The van der Waals surface area contributed by atoms with Gasteiger partial charge in [0.2, 0.25) is 6.79 Å². The molecule has 25 heavy (non-hydrogen) atoms. The van der Waals surface area contributed by atoms with Gasteiger partial charge in [0.1, 0.15) is 11.4 Å². The molecule has 10 heteroatoms. The van der Waals surface area contributed by atoms with Crippen molar-refractivity contribution < 1.29 is 32.5 Å². The number of rotatable bonds is 2. The van der Waals surface area contributed by atoms with E-state index in [9.17, 15) is 23.1 Å². The van der Waals surface area contributed by atoms with E-state index in [-0.39, 0.29) is 24.6 Å². The van der Waals surface area contributed by atoms with Crippen molar-refractivity contribution >= 4 is 11.8 Å². The minimum absolute atomic E-state index is 0.0536. The van der Waals surface area contributed by atoms with Crippen LogP contribution in [0.25, 0.3) is 0 Å². The molecular weight excluding hydrogens is 343 g/mol. The minimum atomic E-state index is -4.56. The molecule has 0 fully saturated rings. The summed E-state index contributed by atoms with van der Waals surface area (Å²) < 4.78 is 51.5. The second kappa shape index (κ2) is 5.30. The van der Waals surface area contributed by atoms with Gasteiger partial charge < -0.3 is 19.9 Å². The molecule has 0 unspecified atom stereocenters. The van der Waals surface area contributed by atoms with Crippen molar-refractivity contribution in [2.45, 2.75) is 24.7 Å². The van der Waals surface area contributed by atoms with Crippen LogP contribution in [0.4, 0.5) is 19.0 Å². The van der Waals surface area contributed by atoms with Crippen LogP contribution in [-0.2, 0) is 0 Å². The number of carboxylic acids is 1. The molecule has 2 aromatic rings. The van der Waals surface area contributed by atoms with Gasteiger partial charge in [-0.05, 0) is 17.7 Å². The number of aromatic carboxylic acids is 1. The summed E-state index contributed by atoms with van der Waals surface area (Å²) in [6.45, 7) is 0.0536. The maximum absolute atomic E-state index is 13.5. The Kier molecular flexibility index (Phi) is 3.31. The standard InChI is InChI=1S/C15H12F3N3O4/c16-15(17,18)12-4-9(7-1-2-10-11(3-7)25-6-24-10)20-13-8(14(22)23)5-19-21(12)13/h1-3,5,9,12,20H,4,6H2,(H,22,23)/t9-,12+/m0/s1. The molecule has 0 spiro atoms. The molecule has 0 radical (unpaired) electrons. The molecule has 7 nitrogen and oxygen atoms in total. The molecule has 1 aromatic heterocycles. The van der Waals surface area contributed by atoms with Crippen molar-refractivity contribution in [1.29, 1.82) is 0 Å². The van der Waals surface area contributed by atoms with Gasteiger partial charge in [0.05, 0.1) is 12.2 Å². The molecule has 2 atom stereocenters. The maximum atomic E-state index is 13.5. The van der Waals surface area contributed by atoms with Gasteiger partial charge in [-0.15, -0.1) is 0 Å². The van der Waals surface area contributed by atoms with Crippen LogP contribution in [0.15, 0.2) is 24.4 Å². The Labute approximate surface area is 139 Å². The third kappa shape index (κ3) is 2.53. The molecule has 2 aliphatic heterocycles. The number of aromatic nitrogens is 2. The highest BCUT2D eigenvalue weighted by atomic mass is 19.4. The number of halogens is 3. The number of ether oxygens (including phenoxy) is 2. The normalized spacial score (nSPS) is 21.6. The average Bonchev–Trinajstić information content (AvgIpc) is 3.18. The van der Waals surface area contributed by atoms with E-state index in [0.29, 0.717) is 21.7 Å².